The Labute approximate surface area is 179 Å². The van der Waals surface area contributed by atoms with Crippen molar-refractivity contribution in [2.24, 2.45) is 5.73 Å². The SMILES string of the molecule is CCOC(=O)C[C@H](N)c1cc(-c2c(C(F)(F)F)cccc2C(F)(F)F)cc(C)c1F.Cl. The maximum atomic E-state index is 14.6. The van der Waals surface area contributed by atoms with Crippen LogP contribution in [0.3, 0.4) is 0 Å². The summed E-state index contributed by atoms with van der Waals surface area (Å²) >= 11 is 0. The molecule has 0 radical (unpaired) electrons. The van der Waals surface area contributed by atoms with E-state index in [9.17, 15) is 35.5 Å². The van der Waals surface area contributed by atoms with Gasteiger partial charge < -0.3 is 10.5 Å². The number of nitrogens with two attached hydrogens (primary N) is 1. The molecular formula is C20H19ClF7NO2. The molecule has 0 aliphatic carbocycles. The van der Waals surface area contributed by atoms with Crippen molar-refractivity contribution >= 4 is 18.4 Å². The van der Waals surface area contributed by atoms with Gasteiger partial charge in [-0.05, 0) is 49.2 Å². The van der Waals surface area contributed by atoms with Crippen molar-refractivity contribution in [2.45, 2.75) is 38.7 Å². The summed E-state index contributed by atoms with van der Waals surface area (Å²) in [5, 5.41) is 0. The number of halogens is 8. The molecule has 0 saturated heterocycles. The fourth-order valence-electron chi connectivity index (χ4n) is 3.06. The van der Waals surface area contributed by atoms with Gasteiger partial charge in [0, 0.05) is 17.2 Å². The van der Waals surface area contributed by atoms with Gasteiger partial charge in [-0.2, -0.15) is 26.3 Å². The number of ether oxygens (including phenoxy) is 1. The van der Waals surface area contributed by atoms with Crippen LogP contribution in [0.15, 0.2) is 30.3 Å². The molecule has 0 saturated carbocycles. The Morgan fingerprint density at radius 1 is 1.06 bits per heavy atom. The Morgan fingerprint density at radius 2 is 1.58 bits per heavy atom. The molecule has 0 amide bonds. The molecular weight excluding hydrogens is 455 g/mol. The fraction of sp³-hybridized carbons (Fsp3) is 0.350. The zero-order chi connectivity index (χ0) is 22.9. The van der Waals surface area contributed by atoms with E-state index in [1.54, 1.807) is 0 Å². The second-order valence-electron chi connectivity index (χ2n) is 6.54. The molecule has 2 rings (SSSR count). The first-order valence-electron chi connectivity index (χ1n) is 8.76. The lowest BCUT2D eigenvalue weighted by atomic mass is 9.89. The minimum absolute atomic E-state index is 0. The van der Waals surface area contributed by atoms with Gasteiger partial charge in [-0.15, -0.1) is 12.4 Å². The number of aryl methyl sites for hydroxylation is 1. The zero-order valence-corrected chi connectivity index (χ0v) is 17.1. The standard InChI is InChI=1S/C20H18F7NO2.ClH/c1-3-30-16(29)9-15(28)12-8-11(7-10(2)18(12)21)17-13(19(22,23)24)5-4-6-14(17)20(25,26)27;/h4-8,15H,3,9,28H2,1-2H3;1H/t15-;/m0./s1. The van der Waals surface area contributed by atoms with Crippen LogP contribution in [0.1, 0.15) is 41.6 Å². The molecule has 172 valence electrons. The lowest BCUT2D eigenvalue weighted by molar-refractivity contribution is -0.144. The number of carbonyl (C=O) groups excluding carboxylic acids is 1. The lowest BCUT2D eigenvalue weighted by Gasteiger charge is -2.21. The molecule has 0 fully saturated rings. The third-order valence-electron chi connectivity index (χ3n) is 4.34. The quantitative estimate of drug-likeness (QED) is 0.415. The number of carbonyl (C=O) groups is 1. The molecule has 0 heterocycles. The van der Waals surface area contributed by atoms with E-state index in [2.05, 4.69) is 0 Å². The Balaban J connectivity index is 0.00000480. The average molecular weight is 474 g/mol. The summed E-state index contributed by atoms with van der Waals surface area (Å²) in [6.45, 7) is 2.74. The third kappa shape index (κ3) is 6.10. The van der Waals surface area contributed by atoms with Crippen molar-refractivity contribution in [1.29, 1.82) is 0 Å². The molecule has 0 aromatic heterocycles. The summed E-state index contributed by atoms with van der Waals surface area (Å²) in [5.41, 5.74) is 0.518. The molecule has 0 bridgehead atoms. The van der Waals surface area contributed by atoms with E-state index in [1.165, 1.54) is 13.8 Å². The minimum atomic E-state index is -5.09. The van der Waals surface area contributed by atoms with Crippen LogP contribution in [-0.2, 0) is 21.9 Å². The molecule has 0 aliphatic heterocycles. The maximum absolute atomic E-state index is 14.6. The van der Waals surface area contributed by atoms with Gasteiger partial charge in [0.05, 0.1) is 24.2 Å². The van der Waals surface area contributed by atoms with E-state index < -0.39 is 58.9 Å². The van der Waals surface area contributed by atoms with Gasteiger partial charge in [0.15, 0.2) is 0 Å². The van der Waals surface area contributed by atoms with Crippen LogP contribution in [0.5, 0.6) is 0 Å². The molecule has 2 aromatic carbocycles. The number of hydrogen-bond acceptors (Lipinski definition) is 3. The monoisotopic (exact) mass is 473 g/mol. The molecule has 2 aromatic rings. The van der Waals surface area contributed by atoms with E-state index in [0.717, 1.165) is 12.1 Å². The highest BCUT2D eigenvalue weighted by Crippen LogP contribution is 2.45. The molecule has 31 heavy (non-hydrogen) atoms. The zero-order valence-electron chi connectivity index (χ0n) is 16.3. The number of benzene rings is 2. The minimum Gasteiger partial charge on any atom is -0.466 e. The lowest BCUT2D eigenvalue weighted by Crippen LogP contribution is -2.19. The predicted molar refractivity (Wildman–Crippen MR) is 102 cm³/mol. The smallest absolute Gasteiger partial charge is 0.417 e. The maximum Gasteiger partial charge on any atom is 0.417 e. The highest BCUT2D eigenvalue weighted by molar-refractivity contribution is 5.85. The van der Waals surface area contributed by atoms with Crippen molar-refractivity contribution in [1.82, 2.24) is 0 Å². The van der Waals surface area contributed by atoms with E-state index in [-0.39, 0.29) is 30.1 Å². The van der Waals surface area contributed by atoms with Gasteiger partial charge in [-0.25, -0.2) is 4.39 Å². The largest absolute Gasteiger partial charge is 0.466 e. The normalized spacial score (nSPS) is 12.8. The number of alkyl halides is 6. The molecule has 0 unspecified atom stereocenters. The number of hydrogen-bond donors (Lipinski definition) is 1. The van der Waals surface area contributed by atoms with Crippen LogP contribution in [0, 0.1) is 12.7 Å². The van der Waals surface area contributed by atoms with E-state index in [4.69, 9.17) is 10.5 Å². The molecule has 11 heteroatoms. The molecule has 3 nitrogen and oxygen atoms in total. The summed E-state index contributed by atoms with van der Waals surface area (Å²) in [6, 6.07) is 2.05. The fourth-order valence-corrected chi connectivity index (χ4v) is 3.06. The van der Waals surface area contributed by atoms with Crippen molar-refractivity contribution in [3.8, 4) is 11.1 Å². The van der Waals surface area contributed by atoms with Gasteiger partial charge in [0.25, 0.3) is 0 Å². The Bertz CT molecular complexity index is 910. The van der Waals surface area contributed by atoms with E-state index in [0.29, 0.717) is 18.2 Å². The van der Waals surface area contributed by atoms with Crippen molar-refractivity contribution < 1.29 is 40.3 Å². The first kappa shape index (κ1) is 26.7. The summed E-state index contributed by atoms with van der Waals surface area (Å²) in [7, 11) is 0. The predicted octanol–water partition coefficient (Wildman–Crippen LogP) is 6.21. The van der Waals surface area contributed by atoms with Crippen LogP contribution >= 0.6 is 12.4 Å². The van der Waals surface area contributed by atoms with Crippen LogP contribution in [0.2, 0.25) is 0 Å². The molecule has 0 spiro atoms. The van der Waals surface area contributed by atoms with Gasteiger partial charge in [-0.3, -0.25) is 4.79 Å². The van der Waals surface area contributed by atoms with E-state index >= 15 is 0 Å². The highest BCUT2D eigenvalue weighted by atomic mass is 35.5. The summed E-state index contributed by atoms with van der Waals surface area (Å²) in [5.74, 6) is -1.70. The first-order valence-corrected chi connectivity index (χ1v) is 8.76. The van der Waals surface area contributed by atoms with Crippen molar-refractivity contribution in [2.75, 3.05) is 6.61 Å². The van der Waals surface area contributed by atoms with E-state index in [1.807, 2.05) is 0 Å². The van der Waals surface area contributed by atoms with Gasteiger partial charge in [-0.1, -0.05) is 6.07 Å². The summed E-state index contributed by atoms with van der Waals surface area (Å²) in [4.78, 5) is 11.6. The first-order chi connectivity index (χ1) is 13.8. The van der Waals surface area contributed by atoms with Crippen LogP contribution in [0.4, 0.5) is 30.7 Å². The topological polar surface area (TPSA) is 52.3 Å². The Kier molecular flexibility index (Phi) is 8.50. The molecule has 2 N–H and O–H groups in total. The molecule has 0 aliphatic rings. The second-order valence-corrected chi connectivity index (χ2v) is 6.54. The highest BCUT2D eigenvalue weighted by Gasteiger charge is 2.41. The van der Waals surface area contributed by atoms with Gasteiger partial charge in [0.2, 0.25) is 0 Å². The van der Waals surface area contributed by atoms with Gasteiger partial charge >= 0.3 is 18.3 Å². The average Bonchev–Trinajstić information content (AvgIpc) is 2.61. The second kappa shape index (κ2) is 9.86. The number of rotatable bonds is 5. The summed E-state index contributed by atoms with van der Waals surface area (Å²) in [6.07, 6.45) is -10.7. The Hall–Kier alpha value is -2.33. The third-order valence-corrected chi connectivity index (χ3v) is 4.34. The molecule has 1 atom stereocenters. The van der Waals surface area contributed by atoms with Gasteiger partial charge in [0.1, 0.15) is 5.82 Å². The van der Waals surface area contributed by atoms with Crippen molar-refractivity contribution in [3.05, 3.63) is 58.4 Å². The van der Waals surface area contributed by atoms with Crippen LogP contribution in [0.25, 0.3) is 11.1 Å². The number of esters is 1. The van der Waals surface area contributed by atoms with Crippen LogP contribution < -0.4 is 5.73 Å². The Morgan fingerprint density at radius 3 is 2.03 bits per heavy atom. The summed E-state index contributed by atoms with van der Waals surface area (Å²) < 4.78 is 100. The van der Waals surface area contributed by atoms with Crippen LogP contribution in [-0.4, -0.2) is 12.6 Å². The van der Waals surface area contributed by atoms with Crippen molar-refractivity contribution in [3.63, 3.8) is 0 Å².